The number of carbonyl (C=O) groups is 1. The topological polar surface area (TPSA) is 49.0 Å². The fourth-order valence-electron chi connectivity index (χ4n) is 3.28. The van der Waals surface area contributed by atoms with Gasteiger partial charge in [0.05, 0.1) is 11.6 Å². The van der Waals surface area contributed by atoms with E-state index in [4.69, 9.17) is 0 Å². The van der Waals surface area contributed by atoms with Crippen LogP contribution in [-0.4, -0.2) is 27.5 Å². The summed E-state index contributed by atoms with van der Waals surface area (Å²) in [7, 11) is 0. The molecule has 1 aromatic heterocycles. The number of aromatic amines is 1. The van der Waals surface area contributed by atoms with Crippen LogP contribution in [0, 0.1) is 13.8 Å². The lowest BCUT2D eigenvalue weighted by molar-refractivity contribution is -0.133. The standard InChI is InChI=1S/C17H21N3O/c1-11(16-12(2)18-19-13(16)3)17(21)20-9-8-14-6-4-5-7-15(14)10-20/h4-7,11H,8-10H2,1-3H3,(H,18,19). The molecule has 4 heteroatoms. The van der Waals surface area contributed by atoms with Crippen molar-refractivity contribution in [2.24, 2.45) is 0 Å². The molecule has 4 nitrogen and oxygen atoms in total. The molecule has 0 fully saturated rings. The summed E-state index contributed by atoms with van der Waals surface area (Å²) < 4.78 is 0. The van der Waals surface area contributed by atoms with E-state index in [-0.39, 0.29) is 11.8 Å². The monoisotopic (exact) mass is 283 g/mol. The van der Waals surface area contributed by atoms with Gasteiger partial charge in [-0.05, 0) is 38.3 Å². The summed E-state index contributed by atoms with van der Waals surface area (Å²) in [6, 6.07) is 8.39. The van der Waals surface area contributed by atoms with Crippen LogP contribution in [0.25, 0.3) is 0 Å². The molecule has 1 aromatic carbocycles. The number of aromatic nitrogens is 2. The second kappa shape index (κ2) is 5.35. The number of carbonyl (C=O) groups excluding carboxylic acids is 1. The molecule has 3 rings (SSSR count). The summed E-state index contributed by atoms with van der Waals surface area (Å²) >= 11 is 0. The highest BCUT2D eigenvalue weighted by atomic mass is 16.2. The summed E-state index contributed by atoms with van der Waals surface area (Å²) in [4.78, 5) is 14.8. The van der Waals surface area contributed by atoms with Gasteiger partial charge in [0.2, 0.25) is 5.91 Å². The Morgan fingerprint density at radius 1 is 1.29 bits per heavy atom. The average molecular weight is 283 g/mol. The molecule has 2 heterocycles. The number of H-pyrrole nitrogens is 1. The van der Waals surface area contributed by atoms with Crippen LogP contribution >= 0.6 is 0 Å². The first-order valence-electron chi connectivity index (χ1n) is 7.45. The van der Waals surface area contributed by atoms with E-state index in [0.29, 0.717) is 0 Å². The van der Waals surface area contributed by atoms with Gasteiger partial charge in [0.25, 0.3) is 0 Å². The maximum Gasteiger partial charge on any atom is 0.230 e. The molecule has 1 N–H and O–H groups in total. The van der Waals surface area contributed by atoms with Gasteiger partial charge in [-0.3, -0.25) is 9.89 Å². The van der Waals surface area contributed by atoms with Gasteiger partial charge in [-0.2, -0.15) is 5.10 Å². The Bertz CT molecular complexity index is 655. The highest BCUT2D eigenvalue weighted by molar-refractivity contribution is 5.84. The van der Waals surface area contributed by atoms with Crippen molar-refractivity contribution in [3.05, 3.63) is 52.3 Å². The molecule has 2 aromatic rings. The molecular weight excluding hydrogens is 262 g/mol. The van der Waals surface area contributed by atoms with Gasteiger partial charge in [0.15, 0.2) is 0 Å². The number of hydrogen-bond acceptors (Lipinski definition) is 2. The Hall–Kier alpha value is -2.10. The Morgan fingerprint density at radius 3 is 2.67 bits per heavy atom. The molecule has 0 bridgehead atoms. The van der Waals surface area contributed by atoms with Crippen LogP contribution in [0.4, 0.5) is 0 Å². The van der Waals surface area contributed by atoms with E-state index >= 15 is 0 Å². The predicted molar refractivity (Wildman–Crippen MR) is 82.0 cm³/mol. The Balaban J connectivity index is 1.81. The highest BCUT2D eigenvalue weighted by Gasteiger charge is 2.28. The molecule has 0 aliphatic carbocycles. The van der Waals surface area contributed by atoms with Crippen molar-refractivity contribution < 1.29 is 4.79 Å². The van der Waals surface area contributed by atoms with E-state index in [2.05, 4.69) is 28.4 Å². The van der Waals surface area contributed by atoms with E-state index in [1.165, 1.54) is 11.1 Å². The number of nitrogens with one attached hydrogen (secondary N) is 1. The molecule has 110 valence electrons. The largest absolute Gasteiger partial charge is 0.338 e. The summed E-state index contributed by atoms with van der Waals surface area (Å²) in [6.07, 6.45) is 0.942. The molecule has 1 atom stereocenters. The predicted octanol–water partition coefficient (Wildman–Crippen LogP) is 2.71. The first kappa shape index (κ1) is 13.9. The van der Waals surface area contributed by atoms with Gasteiger partial charge in [0, 0.05) is 24.3 Å². The number of amides is 1. The molecule has 0 radical (unpaired) electrons. The number of nitrogens with zero attached hydrogens (tertiary/aromatic N) is 2. The van der Waals surface area contributed by atoms with Crippen LogP contribution in [0.5, 0.6) is 0 Å². The molecule has 21 heavy (non-hydrogen) atoms. The van der Waals surface area contributed by atoms with Crippen LogP contribution in [0.1, 0.15) is 40.9 Å². The molecule has 1 unspecified atom stereocenters. The zero-order chi connectivity index (χ0) is 15.0. The quantitative estimate of drug-likeness (QED) is 0.921. The molecule has 1 amide bonds. The number of aryl methyl sites for hydroxylation is 2. The van der Waals surface area contributed by atoms with Gasteiger partial charge >= 0.3 is 0 Å². The number of hydrogen-bond donors (Lipinski definition) is 1. The minimum absolute atomic E-state index is 0.144. The number of fused-ring (bicyclic) bond motifs is 1. The van der Waals surface area contributed by atoms with Crippen molar-refractivity contribution >= 4 is 5.91 Å². The second-order valence-corrected chi connectivity index (χ2v) is 5.85. The summed E-state index contributed by atoms with van der Waals surface area (Å²) in [5.41, 5.74) is 5.59. The van der Waals surface area contributed by atoms with E-state index in [1.54, 1.807) is 0 Å². The van der Waals surface area contributed by atoms with Crippen LogP contribution in [0.15, 0.2) is 24.3 Å². The fraction of sp³-hybridized carbons (Fsp3) is 0.412. The molecule has 1 aliphatic heterocycles. The van der Waals surface area contributed by atoms with E-state index in [1.807, 2.05) is 31.7 Å². The molecule has 0 saturated carbocycles. The van der Waals surface area contributed by atoms with E-state index in [0.717, 1.165) is 36.5 Å². The second-order valence-electron chi connectivity index (χ2n) is 5.85. The number of rotatable bonds is 2. The number of benzene rings is 1. The third-order valence-corrected chi connectivity index (χ3v) is 4.43. The lowest BCUT2D eigenvalue weighted by Crippen LogP contribution is -2.38. The van der Waals surface area contributed by atoms with Gasteiger partial charge in [-0.25, -0.2) is 0 Å². The highest BCUT2D eigenvalue weighted by Crippen LogP contribution is 2.26. The third kappa shape index (κ3) is 2.46. The van der Waals surface area contributed by atoms with Crippen molar-refractivity contribution in [2.75, 3.05) is 6.54 Å². The van der Waals surface area contributed by atoms with Gasteiger partial charge in [-0.1, -0.05) is 24.3 Å². The van der Waals surface area contributed by atoms with Crippen molar-refractivity contribution in [2.45, 2.75) is 39.7 Å². The zero-order valence-corrected chi connectivity index (χ0v) is 12.8. The van der Waals surface area contributed by atoms with Crippen molar-refractivity contribution in [3.8, 4) is 0 Å². The summed E-state index contributed by atoms with van der Waals surface area (Å²) in [5, 5.41) is 7.18. The van der Waals surface area contributed by atoms with Crippen molar-refractivity contribution in [3.63, 3.8) is 0 Å². The smallest absolute Gasteiger partial charge is 0.230 e. The van der Waals surface area contributed by atoms with Gasteiger partial charge in [-0.15, -0.1) is 0 Å². The van der Waals surface area contributed by atoms with Gasteiger partial charge in [0.1, 0.15) is 0 Å². The SMILES string of the molecule is Cc1n[nH]c(C)c1C(C)C(=O)N1CCc2ccccc2C1. The summed E-state index contributed by atoms with van der Waals surface area (Å²) in [6.45, 7) is 7.43. The molecule has 1 aliphatic rings. The maximum atomic E-state index is 12.8. The average Bonchev–Trinajstić information content (AvgIpc) is 2.84. The maximum absolute atomic E-state index is 12.8. The van der Waals surface area contributed by atoms with Crippen LogP contribution < -0.4 is 0 Å². The first-order chi connectivity index (χ1) is 10.1. The van der Waals surface area contributed by atoms with Crippen LogP contribution in [0.3, 0.4) is 0 Å². The molecule has 0 spiro atoms. The van der Waals surface area contributed by atoms with Crippen LogP contribution in [0.2, 0.25) is 0 Å². The van der Waals surface area contributed by atoms with Gasteiger partial charge < -0.3 is 4.90 Å². The zero-order valence-electron chi connectivity index (χ0n) is 12.8. The van der Waals surface area contributed by atoms with E-state index in [9.17, 15) is 4.79 Å². The van der Waals surface area contributed by atoms with Crippen molar-refractivity contribution in [1.82, 2.24) is 15.1 Å². The van der Waals surface area contributed by atoms with Crippen molar-refractivity contribution in [1.29, 1.82) is 0 Å². The first-order valence-corrected chi connectivity index (χ1v) is 7.45. The van der Waals surface area contributed by atoms with E-state index < -0.39 is 0 Å². The summed E-state index contributed by atoms with van der Waals surface area (Å²) in [5.74, 6) is 0.0473. The molecule has 0 saturated heterocycles. The Labute approximate surface area is 125 Å². The third-order valence-electron chi connectivity index (χ3n) is 4.43. The van der Waals surface area contributed by atoms with Crippen LogP contribution in [-0.2, 0) is 17.8 Å². The lowest BCUT2D eigenvalue weighted by Gasteiger charge is -2.31. The Kier molecular flexibility index (Phi) is 3.53. The minimum atomic E-state index is -0.144. The minimum Gasteiger partial charge on any atom is -0.338 e. The molecular formula is C17H21N3O. The normalized spacial score (nSPS) is 15.7. The fourth-order valence-corrected chi connectivity index (χ4v) is 3.28. The lowest BCUT2D eigenvalue weighted by atomic mass is 9.95. The Morgan fingerprint density at radius 2 is 2.00 bits per heavy atom.